The molecule has 0 saturated heterocycles. The van der Waals surface area contributed by atoms with Gasteiger partial charge in [-0.15, -0.1) is 11.3 Å². The molecular weight excluding hydrogens is 320 g/mol. The van der Waals surface area contributed by atoms with Crippen LogP contribution < -0.4 is 16.4 Å². The number of rotatable bonds is 8. The fourth-order valence-electron chi connectivity index (χ4n) is 2.51. The van der Waals surface area contributed by atoms with E-state index in [0.29, 0.717) is 25.2 Å². The largest absolute Gasteiger partial charge is 0.349 e. The molecule has 2 aromatic rings. The van der Waals surface area contributed by atoms with Crippen molar-refractivity contribution in [1.82, 2.24) is 15.6 Å². The summed E-state index contributed by atoms with van der Waals surface area (Å²) < 4.78 is 0. The molecule has 1 amide bonds. The van der Waals surface area contributed by atoms with E-state index in [1.165, 1.54) is 16.9 Å². The van der Waals surface area contributed by atoms with Gasteiger partial charge in [-0.05, 0) is 32.9 Å². The number of hydrogen-bond acceptors (Lipinski definition) is 5. The topological polar surface area (TPSA) is 80.0 Å². The van der Waals surface area contributed by atoms with Gasteiger partial charge in [0, 0.05) is 29.9 Å². The highest BCUT2D eigenvalue weighted by Gasteiger charge is 2.22. The second kappa shape index (κ2) is 8.37. The Morgan fingerprint density at radius 3 is 2.71 bits per heavy atom. The number of nitrogens with two attached hydrogens (primary N) is 1. The van der Waals surface area contributed by atoms with Crippen LogP contribution in [0.1, 0.15) is 47.9 Å². The lowest BCUT2D eigenvalue weighted by Crippen LogP contribution is -2.49. The summed E-state index contributed by atoms with van der Waals surface area (Å²) in [6.07, 6.45) is 0.708. The van der Waals surface area contributed by atoms with Crippen LogP contribution in [0.3, 0.4) is 0 Å². The Hall–Kier alpha value is -1.76. The van der Waals surface area contributed by atoms with Crippen molar-refractivity contribution in [2.24, 2.45) is 5.73 Å². The number of hydrogen-bond donors (Lipinski definition) is 3. The molecule has 24 heavy (non-hydrogen) atoms. The average molecular weight is 346 g/mol. The maximum absolute atomic E-state index is 12.2. The molecule has 1 aromatic heterocycles. The number of carbonyl (C=O) groups excluding carboxylic acids is 1. The fourth-order valence-corrected chi connectivity index (χ4v) is 3.30. The number of benzene rings is 1. The second-order valence-corrected chi connectivity index (χ2v) is 7.45. The van der Waals surface area contributed by atoms with E-state index in [1.54, 1.807) is 5.38 Å². The van der Waals surface area contributed by atoms with E-state index in [1.807, 2.05) is 18.2 Å². The normalized spacial score (nSPS) is 12.8. The highest BCUT2D eigenvalue weighted by molar-refractivity contribution is 7.09. The highest BCUT2D eigenvalue weighted by Crippen LogP contribution is 2.16. The van der Waals surface area contributed by atoms with Crippen molar-refractivity contribution >= 4 is 17.2 Å². The van der Waals surface area contributed by atoms with Crippen LogP contribution in [0.15, 0.2) is 35.7 Å². The Morgan fingerprint density at radius 2 is 2.04 bits per heavy atom. The summed E-state index contributed by atoms with van der Waals surface area (Å²) in [7, 11) is 0. The lowest BCUT2D eigenvalue weighted by Gasteiger charge is -2.30. The summed E-state index contributed by atoms with van der Waals surface area (Å²) in [5.41, 5.74) is 6.97. The average Bonchev–Trinajstić information content (AvgIpc) is 3.02. The van der Waals surface area contributed by atoms with Gasteiger partial charge in [0.1, 0.15) is 5.69 Å². The monoisotopic (exact) mass is 346 g/mol. The summed E-state index contributed by atoms with van der Waals surface area (Å²) in [6, 6.07) is 10.5. The van der Waals surface area contributed by atoms with E-state index < -0.39 is 0 Å². The summed E-state index contributed by atoms with van der Waals surface area (Å²) in [5, 5.41) is 9.20. The van der Waals surface area contributed by atoms with Crippen LogP contribution in [0.25, 0.3) is 0 Å². The van der Waals surface area contributed by atoms with Gasteiger partial charge in [0.05, 0.1) is 5.01 Å². The molecule has 0 bridgehead atoms. The molecule has 1 heterocycles. The number of thiazole rings is 1. The molecule has 4 N–H and O–H groups in total. The number of nitrogens with zero attached hydrogens (tertiary/aromatic N) is 1. The van der Waals surface area contributed by atoms with Gasteiger partial charge in [-0.1, -0.05) is 30.3 Å². The number of nitrogens with one attached hydrogen (secondary N) is 2. The van der Waals surface area contributed by atoms with Crippen LogP contribution in [0, 0.1) is 0 Å². The molecule has 0 fully saturated rings. The fraction of sp³-hybridized carbons (Fsp3) is 0.444. The number of aromatic nitrogens is 1. The predicted molar refractivity (Wildman–Crippen MR) is 99.3 cm³/mol. The van der Waals surface area contributed by atoms with Crippen molar-refractivity contribution in [3.63, 3.8) is 0 Å². The summed E-state index contributed by atoms with van der Waals surface area (Å²) >= 11 is 1.48. The van der Waals surface area contributed by atoms with Gasteiger partial charge < -0.3 is 16.4 Å². The van der Waals surface area contributed by atoms with Crippen molar-refractivity contribution in [1.29, 1.82) is 0 Å². The third-order valence-corrected chi connectivity index (χ3v) is 4.65. The van der Waals surface area contributed by atoms with E-state index in [4.69, 9.17) is 5.73 Å². The summed E-state index contributed by atoms with van der Waals surface area (Å²) in [5.74, 6) is -0.142. The molecule has 0 spiro atoms. The molecule has 5 nitrogen and oxygen atoms in total. The van der Waals surface area contributed by atoms with Gasteiger partial charge in [-0.2, -0.15) is 0 Å². The lowest BCUT2D eigenvalue weighted by atomic mass is 10.0. The quantitative estimate of drug-likeness (QED) is 0.686. The highest BCUT2D eigenvalue weighted by atomic mass is 32.1. The number of carbonyl (C=O) groups is 1. The molecular formula is C18H26N4OS. The first-order valence-electron chi connectivity index (χ1n) is 8.16. The molecule has 0 aliphatic heterocycles. The SMILES string of the molecule is CC(NC(C)(C)CNC(=O)c1csc(CCN)n1)c1ccccc1. The van der Waals surface area contributed by atoms with E-state index in [2.05, 4.69) is 48.5 Å². The third kappa shape index (κ3) is 5.40. The van der Waals surface area contributed by atoms with Crippen molar-refractivity contribution in [3.8, 4) is 0 Å². The molecule has 0 aliphatic carbocycles. The van der Waals surface area contributed by atoms with Crippen LogP contribution in [0.5, 0.6) is 0 Å². The zero-order chi connectivity index (χ0) is 17.6. The summed E-state index contributed by atoms with van der Waals surface area (Å²) in [4.78, 5) is 16.6. The molecule has 130 valence electrons. The Labute approximate surface area is 147 Å². The number of amides is 1. The second-order valence-electron chi connectivity index (χ2n) is 6.51. The minimum absolute atomic E-state index is 0.142. The van der Waals surface area contributed by atoms with Crippen LogP contribution >= 0.6 is 11.3 Å². The van der Waals surface area contributed by atoms with Gasteiger partial charge in [0.25, 0.3) is 5.91 Å². The Bertz CT molecular complexity index is 654. The van der Waals surface area contributed by atoms with Crippen molar-refractivity contribution in [3.05, 3.63) is 52.0 Å². The molecule has 1 unspecified atom stereocenters. The Morgan fingerprint density at radius 1 is 1.33 bits per heavy atom. The molecule has 2 rings (SSSR count). The van der Waals surface area contributed by atoms with Crippen molar-refractivity contribution < 1.29 is 4.79 Å². The first kappa shape index (κ1) is 18.6. The molecule has 0 radical (unpaired) electrons. The van der Waals surface area contributed by atoms with Crippen LogP contribution in [0.2, 0.25) is 0 Å². The van der Waals surface area contributed by atoms with E-state index in [0.717, 1.165) is 5.01 Å². The maximum Gasteiger partial charge on any atom is 0.270 e. The zero-order valence-electron chi connectivity index (χ0n) is 14.5. The minimum Gasteiger partial charge on any atom is -0.349 e. The van der Waals surface area contributed by atoms with Crippen molar-refractivity contribution in [2.75, 3.05) is 13.1 Å². The Kier molecular flexibility index (Phi) is 6.48. The lowest BCUT2D eigenvalue weighted by molar-refractivity contribution is 0.0936. The van der Waals surface area contributed by atoms with Gasteiger partial charge >= 0.3 is 0 Å². The van der Waals surface area contributed by atoms with Gasteiger partial charge in [-0.3, -0.25) is 4.79 Å². The summed E-state index contributed by atoms with van der Waals surface area (Å²) in [6.45, 7) is 7.34. The van der Waals surface area contributed by atoms with Crippen LogP contribution in [0.4, 0.5) is 0 Å². The van der Waals surface area contributed by atoms with Crippen LogP contribution in [-0.4, -0.2) is 29.5 Å². The minimum atomic E-state index is -0.235. The van der Waals surface area contributed by atoms with Gasteiger partial charge in [-0.25, -0.2) is 4.98 Å². The predicted octanol–water partition coefficient (Wildman–Crippen LogP) is 2.50. The van der Waals surface area contributed by atoms with Gasteiger partial charge in [0.2, 0.25) is 0 Å². The van der Waals surface area contributed by atoms with E-state index in [-0.39, 0.29) is 17.5 Å². The maximum atomic E-state index is 12.2. The molecule has 0 saturated carbocycles. The molecule has 1 aromatic carbocycles. The smallest absolute Gasteiger partial charge is 0.270 e. The first-order chi connectivity index (χ1) is 11.4. The van der Waals surface area contributed by atoms with Crippen molar-refractivity contribution in [2.45, 2.75) is 38.8 Å². The first-order valence-corrected chi connectivity index (χ1v) is 9.04. The zero-order valence-corrected chi connectivity index (χ0v) is 15.3. The Balaban J connectivity index is 1.88. The molecule has 0 aliphatic rings. The standard InChI is InChI=1S/C18H26N4OS/c1-13(14-7-5-4-6-8-14)22-18(2,3)12-20-17(23)15-11-24-16(21-15)9-10-19/h4-8,11,13,22H,9-10,12,19H2,1-3H3,(H,20,23). The van der Waals surface area contributed by atoms with Crippen LogP contribution in [-0.2, 0) is 6.42 Å². The molecule has 1 atom stereocenters. The van der Waals surface area contributed by atoms with E-state index in [9.17, 15) is 4.79 Å². The van der Waals surface area contributed by atoms with Gasteiger partial charge in [0.15, 0.2) is 0 Å². The van der Waals surface area contributed by atoms with E-state index >= 15 is 0 Å². The third-order valence-electron chi connectivity index (χ3n) is 3.74. The molecule has 6 heteroatoms.